The van der Waals surface area contributed by atoms with Gasteiger partial charge in [-0.3, -0.25) is 0 Å². The zero-order valence-electron chi connectivity index (χ0n) is 8.99. The minimum Gasteiger partial charge on any atom is -0.381 e. The van der Waals surface area contributed by atoms with Crippen LogP contribution in [0.4, 0.5) is 0 Å². The van der Waals surface area contributed by atoms with E-state index < -0.39 is 0 Å². The van der Waals surface area contributed by atoms with Gasteiger partial charge in [-0.2, -0.15) is 0 Å². The monoisotopic (exact) mass is 190 g/mol. The first-order valence-electron chi connectivity index (χ1n) is 5.41. The molecule has 14 heavy (non-hydrogen) atoms. The fourth-order valence-corrected chi connectivity index (χ4v) is 2.32. The average Bonchev–Trinajstić information content (AvgIpc) is 2.27. The van der Waals surface area contributed by atoms with Gasteiger partial charge < -0.3 is 4.74 Å². The van der Waals surface area contributed by atoms with E-state index in [2.05, 4.69) is 31.2 Å². The summed E-state index contributed by atoms with van der Waals surface area (Å²) in [6.45, 7) is 2.18. The van der Waals surface area contributed by atoms with E-state index in [-0.39, 0.29) is 0 Å². The molecule has 0 heterocycles. The highest BCUT2D eigenvalue weighted by Gasteiger charge is 2.22. The predicted octanol–water partition coefficient (Wildman–Crippen LogP) is 2.83. The lowest BCUT2D eigenvalue weighted by atomic mass is 9.81. The Balaban J connectivity index is 2.13. The van der Waals surface area contributed by atoms with Crippen molar-refractivity contribution in [3.63, 3.8) is 0 Å². The molecule has 0 aliphatic heterocycles. The molecule has 1 aliphatic carbocycles. The maximum atomic E-state index is 5.40. The van der Waals surface area contributed by atoms with E-state index in [0.29, 0.717) is 12.0 Å². The molecule has 2 atom stereocenters. The summed E-state index contributed by atoms with van der Waals surface area (Å²) in [4.78, 5) is 0. The third-order valence-corrected chi connectivity index (χ3v) is 3.42. The van der Waals surface area contributed by atoms with Gasteiger partial charge in [0.15, 0.2) is 0 Å². The Bertz CT molecular complexity index is 306. The smallest absolute Gasteiger partial charge is 0.0574 e. The van der Waals surface area contributed by atoms with Crippen molar-refractivity contribution in [1.29, 1.82) is 0 Å². The summed E-state index contributed by atoms with van der Waals surface area (Å²) in [5.41, 5.74) is 3.06. The second-order valence-electron chi connectivity index (χ2n) is 4.21. The predicted molar refractivity (Wildman–Crippen MR) is 58.4 cm³/mol. The molecule has 0 spiro atoms. The molecule has 2 rings (SSSR count). The summed E-state index contributed by atoms with van der Waals surface area (Å²) in [5.74, 6) is 0.704. The van der Waals surface area contributed by atoms with Crippen LogP contribution in [0.15, 0.2) is 24.3 Å². The Hall–Kier alpha value is -0.820. The summed E-state index contributed by atoms with van der Waals surface area (Å²) in [5, 5.41) is 0. The lowest BCUT2D eigenvalue weighted by Crippen LogP contribution is -2.25. The molecule has 76 valence electrons. The Kier molecular flexibility index (Phi) is 2.87. The van der Waals surface area contributed by atoms with Crippen molar-refractivity contribution in [1.82, 2.24) is 0 Å². The van der Waals surface area contributed by atoms with E-state index >= 15 is 0 Å². The van der Waals surface area contributed by atoms with Crippen LogP contribution in [0, 0.1) is 5.92 Å². The molecule has 0 saturated heterocycles. The number of benzene rings is 1. The van der Waals surface area contributed by atoms with Gasteiger partial charge in [0.2, 0.25) is 0 Å². The van der Waals surface area contributed by atoms with Gasteiger partial charge in [0, 0.05) is 7.11 Å². The average molecular weight is 190 g/mol. The third-order valence-electron chi connectivity index (χ3n) is 3.42. The first kappa shape index (κ1) is 9.72. The topological polar surface area (TPSA) is 9.23 Å². The van der Waals surface area contributed by atoms with Gasteiger partial charge in [0.25, 0.3) is 0 Å². The zero-order chi connectivity index (χ0) is 9.97. The van der Waals surface area contributed by atoms with Crippen molar-refractivity contribution in [2.24, 2.45) is 5.92 Å². The van der Waals surface area contributed by atoms with Gasteiger partial charge >= 0.3 is 0 Å². The van der Waals surface area contributed by atoms with Gasteiger partial charge in [0.05, 0.1) is 6.10 Å². The van der Waals surface area contributed by atoms with Gasteiger partial charge in [-0.1, -0.05) is 24.3 Å². The summed E-state index contributed by atoms with van der Waals surface area (Å²) >= 11 is 0. The number of fused-ring (bicyclic) bond motifs is 1. The molecule has 0 aromatic heterocycles. The number of hydrogen-bond acceptors (Lipinski definition) is 1. The van der Waals surface area contributed by atoms with E-state index in [4.69, 9.17) is 4.74 Å². The van der Waals surface area contributed by atoms with E-state index in [0.717, 1.165) is 0 Å². The number of ether oxygens (including phenoxy) is 1. The Morgan fingerprint density at radius 2 is 2.00 bits per heavy atom. The van der Waals surface area contributed by atoms with Crippen LogP contribution in [-0.4, -0.2) is 13.2 Å². The van der Waals surface area contributed by atoms with Crippen LogP contribution in [0.3, 0.4) is 0 Å². The van der Waals surface area contributed by atoms with Crippen molar-refractivity contribution in [3.05, 3.63) is 35.4 Å². The fourth-order valence-electron chi connectivity index (χ4n) is 2.32. The van der Waals surface area contributed by atoms with Gasteiger partial charge in [0.1, 0.15) is 0 Å². The highest BCUT2D eigenvalue weighted by molar-refractivity contribution is 5.29. The summed E-state index contributed by atoms with van der Waals surface area (Å²) in [6.07, 6.45) is 4.06. The maximum absolute atomic E-state index is 5.40. The molecular weight excluding hydrogens is 172 g/mol. The largest absolute Gasteiger partial charge is 0.381 e. The molecule has 1 heteroatoms. The van der Waals surface area contributed by atoms with E-state index in [1.807, 2.05) is 7.11 Å². The van der Waals surface area contributed by atoms with E-state index in [1.54, 1.807) is 0 Å². The number of hydrogen-bond donors (Lipinski definition) is 0. The van der Waals surface area contributed by atoms with Crippen molar-refractivity contribution >= 4 is 0 Å². The highest BCUT2D eigenvalue weighted by atomic mass is 16.5. The van der Waals surface area contributed by atoms with Crippen LogP contribution in [0.5, 0.6) is 0 Å². The van der Waals surface area contributed by atoms with Gasteiger partial charge in [-0.15, -0.1) is 0 Å². The quantitative estimate of drug-likeness (QED) is 0.696. The van der Waals surface area contributed by atoms with E-state index in [9.17, 15) is 0 Å². The normalized spacial score (nSPS) is 22.9. The maximum Gasteiger partial charge on any atom is 0.0574 e. The number of methoxy groups -OCH3 is 1. The van der Waals surface area contributed by atoms with Crippen molar-refractivity contribution in [3.8, 4) is 0 Å². The van der Waals surface area contributed by atoms with Crippen LogP contribution in [0.1, 0.15) is 24.5 Å². The lowest BCUT2D eigenvalue weighted by molar-refractivity contribution is 0.0609. The number of aryl methyl sites for hydroxylation is 1. The third kappa shape index (κ3) is 1.83. The van der Waals surface area contributed by atoms with Crippen LogP contribution in [0.2, 0.25) is 0 Å². The summed E-state index contributed by atoms with van der Waals surface area (Å²) in [7, 11) is 1.81. The second kappa shape index (κ2) is 4.14. The molecule has 0 radical (unpaired) electrons. The molecule has 2 unspecified atom stereocenters. The second-order valence-corrected chi connectivity index (χ2v) is 4.21. The van der Waals surface area contributed by atoms with Crippen LogP contribution >= 0.6 is 0 Å². The van der Waals surface area contributed by atoms with Gasteiger partial charge in [-0.25, -0.2) is 0 Å². The zero-order valence-corrected chi connectivity index (χ0v) is 8.99. The summed E-state index contributed by atoms with van der Waals surface area (Å²) in [6, 6.07) is 8.78. The molecule has 0 saturated carbocycles. The SMILES string of the molecule is COC(C)C1CCc2ccccc2C1. The highest BCUT2D eigenvalue weighted by Crippen LogP contribution is 2.28. The molecule has 0 bridgehead atoms. The van der Waals surface area contributed by atoms with Crippen LogP contribution < -0.4 is 0 Å². The minimum atomic E-state index is 0.392. The van der Waals surface area contributed by atoms with Crippen LogP contribution in [-0.2, 0) is 17.6 Å². The lowest BCUT2D eigenvalue weighted by Gasteiger charge is -2.28. The molecule has 1 aromatic carbocycles. The molecule has 1 aliphatic rings. The summed E-state index contributed by atoms with van der Waals surface area (Å²) < 4.78 is 5.40. The first-order valence-corrected chi connectivity index (χ1v) is 5.41. The first-order chi connectivity index (χ1) is 6.81. The Labute approximate surface area is 86.1 Å². The Morgan fingerprint density at radius 3 is 2.71 bits per heavy atom. The van der Waals surface area contributed by atoms with E-state index in [1.165, 1.54) is 30.4 Å². The standard InChI is InChI=1S/C13H18O/c1-10(14-2)12-8-7-11-5-3-4-6-13(11)9-12/h3-6,10,12H,7-9H2,1-2H3. The molecule has 0 amide bonds. The van der Waals surface area contributed by atoms with Crippen molar-refractivity contribution in [2.45, 2.75) is 32.3 Å². The Morgan fingerprint density at radius 1 is 1.29 bits per heavy atom. The molecular formula is C13H18O. The minimum absolute atomic E-state index is 0.392. The van der Waals surface area contributed by atoms with Crippen molar-refractivity contribution < 1.29 is 4.74 Å². The molecule has 1 nitrogen and oxygen atoms in total. The fraction of sp³-hybridized carbons (Fsp3) is 0.538. The number of rotatable bonds is 2. The molecule has 1 aromatic rings. The van der Waals surface area contributed by atoms with Gasteiger partial charge in [-0.05, 0) is 43.2 Å². The molecule has 0 fully saturated rings. The molecule has 0 N–H and O–H groups in total. The van der Waals surface area contributed by atoms with Crippen molar-refractivity contribution in [2.75, 3.05) is 7.11 Å². The van der Waals surface area contributed by atoms with Crippen LogP contribution in [0.25, 0.3) is 0 Å².